The van der Waals surface area contributed by atoms with Gasteiger partial charge < -0.3 is 18.9 Å². The van der Waals surface area contributed by atoms with E-state index in [4.69, 9.17) is 18.9 Å². The molecule has 0 unspecified atom stereocenters. The molecule has 6 nitrogen and oxygen atoms in total. The summed E-state index contributed by atoms with van der Waals surface area (Å²) >= 11 is 0. The van der Waals surface area contributed by atoms with Crippen LogP contribution in [0.2, 0.25) is 0 Å². The molecular formula is C25H24O6. The van der Waals surface area contributed by atoms with Crippen molar-refractivity contribution in [1.29, 1.82) is 0 Å². The lowest BCUT2D eigenvalue weighted by atomic mass is 10.2. The van der Waals surface area contributed by atoms with Crippen LogP contribution < -0.4 is 18.9 Å². The van der Waals surface area contributed by atoms with Crippen LogP contribution in [0, 0.1) is 20.8 Å². The molecule has 3 aromatic carbocycles. The molecule has 0 aliphatic heterocycles. The fourth-order valence-corrected chi connectivity index (χ4v) is 2.83. The van der Waals surface area contributed by atoms with Gasteiger partial charge in [0.25, 0.3) is 0 Å². The van der Waals surface area contributed by atoms with E-state index in [1.165, 1.54) is 0 Å². The molecule has 0 fully saturated rings. The highest BCUT2D eigenvalue weighted by atomic mass is 16.6. The van der Waals surface area contributed by atoms with Gasteiger partial charge in [-0.1, -0.05) is 42.5 Å². The molecule has 0 aliphatic rings. The van der Waals surface area contributed by atoms with Crippen molar-refractivity contribution < 1.29 is 28.5 Å². The summed E-state index contributed by atoms with van der Waals surface area (Å²) in [5.41, 5.74) is 2.37. The fourth-order valence-electron chi connectivity index (χ4n) is 2.83. The van der Waals surface area contributed by atoms with Gasteiger partial charge >= 0.3 is 11.9 Å². The van der Waals surface area contributed by atoms with E-state index >= 15 is 0 Å². The van der Waals surface area contributed by atoms with E-state index in [0.717, 1.165) is 11.1 Å². The van der Waals surface area contributed by atoms with Crippen molar-refractivity contribution in [3.05, 3.63) is 83.4 Å². The highest BCUT2D eigenvalue weighted by Gasteiger charge is 2.15. The zero-order valence-corrected chi connectivity index (χ0v) is 17.7. The van der Waals surface area contributed by atoms with Crippen LogP contribution in [0.15, 0.2) is 66.7 Å². The topological polar surface area (TPSA) is 71.1 Å². The van der Waals surface area contributed by atoms with Crippen molar-refractivity contribution in [3.63, 3.8) is 0 Å². The van der Waals surface area contributed by atoms with Gasteiger partial charge in [-0.2, -0.15) is 0 Å². The molecule has 0 aliphatic carbocycles. The normalized spacial score (nSPS) is 10.3. The third-order valence-corrected chi connectivity index (χ3v) is 4.56. The van der Waals surface area contributed by atoms with Gasteiger partial charge in [-0.3, -0.25) is 0 Å². The molecule has 3 rings (SSSR count). The van der Waals surface area contributed by atoms with Crippen molar-refractivity contribution in [2.45, 2.75) is 20.8 Å². The van der Waals surface area contributed by atoms with Crippen LogP contribution in [-0.4, -0.2) is 25.2 Å². The predicted molar refractivity (Wildman–Crippen MR) is 116 cm³/mol. The van der Waals surface area contributed by atoms with Gasteiger partial charge in [0.2, 0.25) is 0 Å². The number of ether oxygens (including phenoxy) is 4. The lowest BCUT2D eigenvalue weighted by Gasteiger charge is -2.13. The summed E-state index contributed by atoms with van der Waals surface area (Å²) < 4.78 is 21.8. The Morgan fingerprint density at radius 3 is 1.39 bits per heavy atom. The molecule has 0 atom stereocenters. The molecule has 160 valence electrons. The number of carbonyl (C=O) groups excluding carboxylic acids is 2. The third kappa shape index (κ3) is 6.09. The Hall–Kier alpha value is -3.80. The Morgan fingerprint density at radius 2 is 0.968 bits per heavy atom. The summed E-state index contributed by atoms with van der Waals surface area (Å²) in [6.45, 7) is 5.02. The molecule has 0 spiro atoms. The molecule has 6 heteroatoms. The first-order valence-electron chi connectivity index (χ1n) is 9.82. The second kappa shape index (κ2) is 10.3. The Bertz CT molecular complexity index is 991. The minimum absolute atomic E-state index is 0.238. The molecule has 0 N–H and O–H groups in total. The summed E-state index contributed by atoms with van der Waals surface area (Å²) in [5.74, 6) is 0.711. The van der Waals surface area contributed by atoms with Gasteiger partial charge in [0.1, 0.15) is 23.0 Å². The Kier molecular flexibility index (Phi) is 7.27. The second-order valence-electron chi connectivity index (χ2n) is 6.94. The molecule has 0 bridgehead atoms. The molecule has 31 heavy (non-hydrogen) atoms. The van der Waals surface area contributed by atoms with Crippen LogP contribution in [-0.2, 0) is 9.59 Å². The molecule has 0 heterocycles. The second-order valence-corrected chi connectivity index (χ2v) is 6.94. The number of esters is 2. The zero-order valence-electron chi connectivity index (χ0n) is 17.7. The monoisotopic (exact) mass is 420 g/mol. The van der Waals surface area contributed by atoms with Crippen LogP contribution in [0.1, 0.15) is 16.7 Å². The minimum atomic E-state index is -0.558. The number of hydrogen-bond acceptors (Lipinski definition) is 6. The maximum Gasteiger partial charge on any atom is 0.349 e. The fraction of sp³-hybridized carbons (Fsp3) is 0.200. The van der Waals surface area contributed by atoms with E-state index in [9.17, 15) is 9.59 Å². The number of para-hydroxylation sites is 2. The van der Waals surface area contributed by atoms with Crippen LogP contribution in [0.5, 0.6) is 23.0 Å². The Morgan fingerprint density at radius 1 is 0.581 bits per heavy atom. The summed E-state index contributed by atoms with van der Waals surface area (Å²) in [6, 6.07) is 19.7. The number of hydrogen-bond donors (Lipinski definition) is 0. The summed E-state index contributed by atoms with van der Waals surface area (Å²) in [6.07, 6.45) is 0. The average molecular weight is 420 g/mol. The largest absolute Gasteiger partial charge is 0.482 e. The summed E-state index contributed by atoms with van der Waals surface area (Å²) in [4.78, 5) is 24.4. The molecule has 3 aromatic rings. The van der Waals surface area contributed by atoms with Crippen LogP contribution >= 0.6 is 0 Å². The quantitative estimate of drug-likeness (QED) is 0.392. The Labute approximate surface area is 181 Å². The molecule has 0 saturated carbocycles. The number of rotatable bonds is 8. The van der Waals surface area contributed by atoms with Gasteiger partial charge in [-0.25, -0.2) is 9.59 Å². The summed E-state index contributed by atoms with van der Waals surface area (Å²) in [5, 5.41) is 0. The summed E-state index contributed by atoms with van der Waals surface area (Å²) in [7, 11) is 0. The number of aryl methyl sites for hydroxylation is 2. The van der Waals surface area contributed by atoms with E-state index in [1.54, 1.807) is 37.3 Å². The molecule has 0 radical (unpaired) electrons. The smallest absolute Gasteiger partial charge is 0.349 e. The van der Waals surface area contributed by atoms with E-state index in [1.807, 2.05) is 50.2 Å². The lowest BCUT2D eigenvalue weighted by Crippen LogP contribution is -2.20. The van der Waals surface area contributed by atoms with E-state index in [2.05, 4.69) is 0 Å². The van der Waals surface area contributed by atoms with Crippen molar-refractivity contribution in [3.8, 4) is 23.0 Å². The lowest BCUT2D eigenvalue weighted by molar-refractivity contribution is -0.137. The maximum absolute atomic E-state index is 12.2. The van der Waals surface area contributed by atoms with Gasteiger partial charge in [-0.05, 0) is 56.2 Å². The Balaban J connectivity index is 1.56. The number of carbonyl (C=O) groups is 2. The average Bonchev–Trinajstić information content (AvgIpc) is 2.75. The van der Waals surface area contributed by atoms with Gasteiger partial charge in [0, 0.05) is 5.56 Å². The molecule has 0 saturated heterocycles. The standard InChI is InChI=1S/C25H24O6/c1-17-9-4-6-11-20(17)28-15-24(26)30-22-13-8-14-23(19(22)3)31-25(27)16-29-21-12-7-5-10-18(21)2/h4-14H,15-16H2,1-3H3. The minimum Gasteiger partial charge on any atom is -0.482 e. The van der Waals surface area contributed by atoms with Gasteiger partial charge in [0.15, 0.2) is 13.2 Å². The number of benzene rings is 3. The first-order chi connectivity index (χ1) is 14.9. The molecular weight excluding hydrogens is 396 g/mol. The first-order valence-corrected chi connectivity index (χ1v) is 9.82. The van der Waals surface area contributed by atoms with Crippen molar-refractivity contribution in [2.75, 3.05) is 13.2 Å². The third-order valence-electron chi connectivity index (χ3n) is 4.56. The van der Waals surface area contributed by atoms with Crippen molar-refractivity contribution in [2.24, 2.45) is 0 Å². The highest BCUT2D eigenvalue weighted by molar-refractivity contribution is 5.76. The predicted octanol–water partition coefficient (Wildman–Crippen LogP) is 4.58. The van der Waals surface area contributed by atoms with Crippen molar-refractivity contribution in [1.82, 2.24) is 0 Å². The zero-order chi connectivity index (χ0) is 22.2. The van der Waals surface area contributed by atoms with Gasteiger partial charge in [-0.15, -0.1) is 0 Å². The first kappa shape index (κ1) is 21.9. The SMILES string of the molecule is Cc1ccccc1OCC(=O)Oc1cccc(OC(=O)COc2ccccc2C)c1C. The van der Waals surface area contributed by atoms with Crippen LogP contribution in [0.3, 0.4) is 0 Å². The van der Waals surface area contributed by atoms with Crippen LogP contribution in [0.25, 0.3) is 0 Å². The van der Waals surface area contributed by atoms with E-state index in [0.29, 0.717) is 28.6 Å². The molecule has 0 amide bonds. The maximum atomic E-state index is 12.2. The van der Waals surface area contributed by atoms with Crippen LogP contribution in [0.4, 0.5) is 0 Å². The van der Waals surface area contributed by atoms with E-state index < -0.39 is 11.9 Å². The molecule has 0 aromatic heterocycles. The van der Waals surface area contributed by atoms with Crippen molar-refractivity contribution >= 4 is 11.9 Å². The highest BCUT2D eigenvalue weighted by Crippen LogP contribution is 2.28. The van der Waals surface area contributed by atoms with Gasteiger partial charge in [0.05, 0.1) is 0 Å². The van der Waals surface area contributed by atoms with E-state index in [-0.39, 0.29) is 13.2 Å².